The molecule has 0 aliphatic heterocycles. The van der Waals surface area contributed by atoms with Gasteiger partial charge in [-0.15, -0.1) is 0 Å². The maximum Gasteiger partial charge on any atom is 0.631 e. The average molecular weight is 136 g/mol. The van der Waals surface area contributed by atoms with Crippen molar-refractivity contribution < 1.29 is 19.6 Å². The van der Waals surface area contributed by atoms with Crippen LogP contribution in [-0.2, 0) is 0 Å². The highest BCUT2D eigenvalue weighted by Gasteiger charge is 1.92. The largest absolute Gasteiger partial charge is 0.631 e. The summed E-state index contributed by atoms with van der Waals surface area (Å²) in [5.74, 6) is 0. The zero-order valence-electron chi connectivity index (χ0n) is 6.37. The molecule has 0 aliphatic rings. The molecule has 0 saturated heterocycles. The van der Waals surface area contributed by atoms with Crippen LogP contribution in [0.15, 0.2) is 0 Å². The molecule has 0 aromatic carbocycles. The first-order chi connectivity index (χ1) is 3.73. The van der Waals surface area contributed by atoms with Crippen molar-refractivity contribution in [1.82, 2.24) is 0 Å². The molecule has 0 aromatic rings. The van der Waals surface area contributed by atoms with Crippen LogP contribution in [0.1, 0.15) is 0 Å². The summed E-state index contributed by atoms with van der Waals surface area (Å²) in [6, 6.07) is 0. The van der Waals surface area contributed by atoms with Crippen LogP contribution in [0.4, 0.5) is 0 Å². The van der Waals surface area contributed by atoms with Crippen molar-refractivity contribution in [3.05, 3.63) is 0 Å². The molecule has 4 nitrogen and oxygen atoms in total. The predicted molar refractivity (Wildman–Crippen MR) is 36.4 cm³/mol. The van der Waals surface area contributed by atoms with E-state index in [4.69, 9.17) is 15.1 Å². The summed E-state index contributed by atoms with van der Waals surface area (Å²) < 4.78 is 1.00. The SMILES string of the molecule is C[N+](C)(C)C.OB(O)O. The van der Waals surface area contributed by atoms with Gasteiger partial charge in [0.2, 0.25) is 0 Å². The van der Waals surface area contributed by atoms with Crippen molar-refractivity contribution in [3.8, 4) is 0 Å². The van der Waals surface area contributed by atoms with E-state index < -0.39 is 7.32 Å². The van der Waals surface area contributed by atoms with Crippen molar-refractivity contribution in [3.63, 3.8) is 0 Å². The number of nitrogens with zero attached hydrogens (tertiary/aromatic N) is 1. The Hall–Kier alpha value is -0.0951. The van der Waals surface area contributed by atoms with E-state index in [9.17, 15) is 0 Å². The number of quaternary nitrogens is 1. The second-order valence-corrected chi connectivity index (χ2v) is 3.03. The maximum absolute atomic E-state index is 7.17. The fourth-order valence-electron chi connectivity index (χ4n) is 0. The molecule has 0 aliphatic carbocycles. The van der Waals surface area contributed by atoms with Crippen molar-refractivity contribution in [2.24, 2.45) is 0 Å². The number of rotatable bonds is 0. The van der Waals surface area contributed by atoms with Gasteiger partial charge in [0, 0.05) is 0 Å². The van der Waals surface area contributed by atoms with Gasteiger partial charge >= 0.3 is 7.32 Å². The lowest BCUT2D eigenvalue weighted by molar-refractivity contribution is -0.849. The summed E-state index contributed by atoms with van der Waals surface area (Å²) in [6.45, 7) is 0. The lowest BCUT2D eigenvalue weighted by atomic mass is 10.3. The minimum atomic E-state index is -2.17. The fraction of sp³-hybridized carbons (Fsp3) is 1.00. The third-order valence-electron chi connectivity index (χ3n) is 0. The van der Waals surface area contributed by atoms with Gasteiger partial charge in [0.25, 0.3) is 0 Å². The summed E-state index contributed by atoms with van der Waals surface area (Å²) in [6.07, 6.45) is 0. The van der Waals surface area contributed by atoms with Gasteiger partial charge in [0.1, 0.15) is 0 Å². The molecule has 5 heteroatoms. The van der Waals surface area contributed by atoms with Crippen molar-refractivity contribution in [2.75, 3.05) is 28.2 Å². The van der Waals surface area contributed by atoms with E-state index in [0.717, 1.165) is 4.48 Å². The minimum absolute atomic E-state index is 1.00. The van der Waals surface area contributed by atoms with Gasteiger partial charge in [-0.05, 0) is 0 Å². The van der Waals surface area contributed by atoms with E-state index in [1.54, 1.807) is 0 Å². The van der Waals surface area contributed by atoms with Crippen LogP contribution in [0, 0.1) is 0 Å². The highest BCUT2D eigenvalue weighted by atomic mass is 16.5. The summed E-state index contributed by atoms with van der Waals surface area (Å²) >= 11 is 0. The van der Waals surface area contributed by atoms with Gasteiger partial charge in [-0.25, -0.2) is 0 Å². The molecule has 0 bridgehead atoms. The lowest BCUT2D eigenvalue weighted by Gasteiger charge is -2.14. The first-order valence-corrected chi connectivity index (χ1v) is 2.56. The zero-order chi connectivity index (χ0) is 8.08. The van der Waals surface area contributed by atoms with E-state index >= 15 is 0 Å². The molecule has 0 aromatic heterocycles. The standard InChI is InChI=1S/C4H12N.BH3O3/c1-5(2,3)4;2-1(3)4/h1-4H3;2-4H/q+1;. The van der Waals surface area contributed by atoms with Crippen molar-refractivity contribution in [1.29, 1.82) is 0 Å². The molecule has 0 rings (SSSR count). The maximum atomic E-state index is 7.17. The Kier molecular flexibility index (Phi) is 6.16. The van der Waals surface area contributed by atoms with Crippen LogP contribution in [-0.4, -0.2) is 55.1 Å². The first kappa shape index (κ1) is 11.7. The smallest absolute Gasteiger partial charge is 0.402 e. The van der Waals surface area contributed by atoms with Gasteiger partial charge in [-0.2, -0.15) is 0 Å². The van der Waals surface area contributed by atoms with E-state index in [1.807, 2.05) is 0 Å². The molecule has 0 atom stereocenters. The number of hydrogen-bond acceptors (Lipinski definition) is 3. The topological polar surface area (TPSA) is 60.7 Å². The predicted octanol–water partition coefficient (Wildman–Crippen LogP) is -1.73. The fourth-order valence-corrected chi connectivity index (χ4v) is 0. The molecule has 0 saturated carbocycles. The molecule has 0 unspecified atom stereocenters. The zero-order valence-corrected chi connectivity index (χ0v) is 6.37. The molecule has 3 N–H and O–H groups in total. The van der Waals surface area contributed by atoms with Crippen LogP contribution in [0.5, 0.6) is 0 Å². The van der Waals surface area contributed by atoms with E-state index in [1.165, 1.54) is 0 Å². The Morgan fingerprint density at radius 2 is 0.889 bits per heavy atom. The first-order valence-electron chi connectivity index (χ1n) is 2.56. The summed E-state index contributed by atoms with van der Waals surface area (Å²) in [7, 11) is 6.33. The molecule has 0 amide bonds. The Bertz CT molecular complexity index is 52.6. The lowest BCUT2D eigenvalue weighted by Crippen LogP contribution is -2.27. The third-order valence-corrected chi connectivity index (χ3v) is 0. The quantitative estimate of drug-likeness (QED) is 0.274. The Morgan fingerprint density at radius 1 is 0.889 bits per heavy atom. The van der Waals surface area contributed by atoms with E-state index in [0.29, 0.717) is 0 Å². The minimum Gasteiger partial charge on any atom is -0.402 e. The normalized spacial score (nSPS) is 9.67. The second kappa shape index (κ2) is 4.75. The molecule has 0 radical (unpaired) electrons. The average Bonchev–Trinajstić information content (AvgIpc) is 1.19. The molecular formula is C4H15BNO3+. The summed E-state index contributed by atoms with van der Waals surface area (Å²) in [5.41, 5.74) is 0. The van der Waals surface area contributed by atoms with Gasteiger partial charge < -0.3 is 19.6 Å². The highest BCUT2D eigenvalue weighted by Crippen LogP contribution is 1.73. The number of hydrogen-bond donors (Lipinski definition) is 3. The van der Waals surface area contributed by atoms with Gasteiger partial charge in [0.15, 0.2) is 0 Å². The Labute approximate surface area is 56.1 Å². The molecule has 0 fully saturated rings. The van der Waals surface area contributed by atoms with Crippen LogP contribution < -0.4 is 0 Å². The summed E-state index contributed by atoms with van der Waals surface area (Å²) in [5, 5.41) is 21.5. The van der Waals surface area contributed by atoms with Crippen LogP contribution in [0.25, 0.3) is 0 Å². The summed E-state index contributed by atoms with van der Waals surface area (Å²) in [4.78, 5) is 0. The van der Waals surface area contributed by atoms with Gasteiger partial charge in [0.05, 0.1) is 28.2 Å². The Balaban J connectivity index is 0. The van der Waals surface area contributed by atoms with Crippen LogP contribution in [0.3, 0.4) is 0 Å². The molecule has 0 spiro atoms. The Morgan fingerprint density at radius 3 is 0.889 bits per heavy atom. The van der Waals surface area contributed by atoms with Crippen LogP contribution >= 0.6 is 0 Å². The van der Waals surface area contributed by atoms with E-state index in [-0.39, 0.29) is 0 Å². The van der Waals surface area contributed by atoms with Gasteiger partial charge in [-0.3, -0.25) is 0 Å². The van der Waals surface area contributed by atoms with Crippen molar-refractivity contribution >= 4 is 7.32 Å². The van der Waals surface area contributed by atoms with Crippen LogP contribution in [0.2, 0.25) is 0 Å². The second-order valence-electron chi connectivity index (χ2n) is 3.03. The third kappa shape index (κ3) is 30500. The molecule has 56 valence electrons. The van der Waals surface area contributed by atoms with Gasteiger partial charge in [-0.1, -0.05) is 0 Å². The van der Waals surface area contributed by atoms with E-state index in [2.05, 4.69) is 28.2 Å². The highest BCUT2D eigenvalue weighted by molar-refractivity contribution is 6.30. The van der Waals surface area contributed by atoms with Crippen molar-refractivity contribution in [2.45, 2.75) is 0 Å². The monoisotopic (exact) mass is 136 g/mol. The molecule has 0 heterocycles. The molecule has 9 heavy (non-hydrogen) atoms. The molecular weight excluding hydrogens is 121 g/mol.